The zero-order chi connectivity index (χ0) is 17.4. The molecule has 2 aromatic heterocycles. The fourth-order valence-electron chi connectivity index (χ4n) is 3.66. The second-order valence-electron chi connectivity index (χ2n) is 6.41. The molecule has 1 aliphatic rings. The molecule has 1 amide bonds. The Hall–Kier alpha value is -2.76. The molecule has 3 aromatic rings. The quantitative estimate of drug-likeness (QED) is 0.795. The minimum Gasteiger partial charge on any atom is -0.497 e. The van der Waals surface area contributed by atoms with Crippen LogP contribution < -0.4 is 4.74 Å². The lowest BCUT2D eigenvalue weighted by atomic mass is 10.0. The normalized spacial score (nSPS) is 15.2. The van der Waals surface area contributed by atoms with Crippen molar-refractivity contribution in [3.05, 3.63) is 47.9 Å². The minimum absolute atomic E-state index is 0.133. The molecule has 0 radical (unpaired) electrons. The summed E-state index contributed by atoms with van der Waals surface area (Å²) in [5.41, 5.74) is 3.52. The molecule has 6 heteroatoms. The smallest absolute Gasteiger partial charge is 0.247 e. The number of hydrogen-bond donors (Lipinski definition) is 1. The molecule has 3 heterocycles. The van der Waals surface area contributed by atoms with Crippen LogP contribution in [0, 0.1) is 0 Å². The molecule has 1 N–H and O–H groups in total. The summed E-state index contributed by atoms with van der Waals surface area (Å²) in [7, 11) is 1.67. The number of nitrogens with zero attached hydrogens (tertiary/aromatic N) is 3. The van der Waals surface area contributed by atoms with Crippen LogP contribution in [0.3, 0.4) is 0 Å². The summed E-state index contributed by atoms with van der Waals surface area (Å²) in [5, 5.41) is 5.39. The van der Waals surface area contributed by atoms with Crippen molar-refractivity contribution in [2.45, 2.75) is 32.4 Å². The molecule has 130 valence electrons. The van der Waals surface area contributed by atoms with Crippen LogP contribution in [0.25, 0.3) is 10.9 Å². The van der Waals surface area contributed by atoms with Crippen molar-refractivity contribution in [3.8, 4) is 5.75 Å². The van der Waals surface area contributed by atoms with E-state index in [-0.39, 0.29) is 11.9 Å². The number of ether oxygens (including phenoxy) is 1. The van der Waals surface area contributed by atoms with Gasteiger partial charge in [0.2, 0.25) is 5.91 Å². The first-order chi connectivity index (χ1) is 12.2. The zero-order valence-corrected chi connectivity index (χ0v) is 14.5. The minimum atomic E-state index is -0.240. The van der Waals surface area contributed by atoms with Crippen LogP contribution in [-0.2, 0) is 17.8 Å². The summed E-state index contributed by atoms with van der Waals surface area (Å²) < 4.78 is 7.12. The van der Waals surface area contributed by atoms with E-state index in [2.05, 4.69) is 10.1 Å². The van der Waals surface area contributed by atoms with E-state index >= 15 is 0 Å². The van der Waals surface area contributed by atoms with E-state index in [1.165, 1.54) is 11.3 Å². The molecular formula is C19H22N4O2. The van der Waals surface area contributed by atoms with Crippen LogP contribution in [0.15, 0.2) is 36.7 Å². The first-order valence-electron chi connectivity index (χ1n) is 8.66. The molecule has 0 fully saturated rings. The number of aromatic amines is 1. The lowest BCUT2D eigenvalue weighted by Crippen LogP contribution is -2.40. The molecule has 4 rings (SSSR count). The fraction of sp³-hybridized carbons (Fsp3) is 0.368. The fourth-order valence-corrected chi connectivity index (χ4v) is 3.66. The Balaban J connectivity index is 1.64. The number of amides is 1. The van der Waals surface area contributed by atoms with Crippen molar-refractivity contribution in [2.75, 3.05) is 13.7 Å². The molecule has 0 unspecified atom stereocenters. The molecule has 25 heavy (non-hydrogen) atoms. The lowest BCUT2D eigenvalue weighted by Gasteiger charge is -2.30. The van der Waals surface area contributed by atoms with Crippen molar-refractivity contribution in [2.24, 2.45) is 0 Å². The number of nitrogens with one attached hydrogen (secondary N) is 1. The molecule has 1 atom stereocenters. The van der Waals surface area contributed by atoms with Gasteiger partial charge in [0, 0.05) is 54.1 Å². The van der Waals surface area contributed by atoms with Gasteiger partial charge >= 0.3 is 0 Å². The number of carbonyl (C=O) groups excluding carboxylic acids is 1. The maximum absolute atomic E-state index is 13.0. The summed E-state index contributed by atoms with van der Waals surface area (Å²) in [4.78, 5) is 18.5. The Bertz CT molecular complexity index is 898. The van der Waals surface area contributed by atoms with E-state index < -0.39 is 0 Å². The monoisotopic (exact) mass is 338 g/mol. The van der Waals surface area contributed by atoms with Gasteiger partial charge in [0.25, 0.3) is 0 Å². The van der Waals surface area contributed by atoms with E-state index in [9.17, 15) is 4.79 Å². The third-order valence-electron chi connectivity index (χ3n) is 5.01. The highest BCUT2D eigenvalue weighted by Gasteiger charge is 2.29. The second kappa shape index (κ2) is 6.27. The van der Waals surface area contributed by atoms with Gasteiger partial charge in [-0.05, 0) is 30.7 Å². The highest BCUT2D eigenvalue weighted by Crippen LogP contribution is 2.31. The van der Waals surface area contributed by atoms with E-state index in [0.717, 1.165) is 36.0 Å². The van der Waals surface area contributed by atoms with E-state index in [1.807, 2.05) is 42.3 Å². The molecule has 0 saturated heterocycles. The van der Waals surface area contributed by atoms with Gasteiger partial charge in [0.05, 0.1) is 7.11 Å². The largest absolute Gasteiger partial charge is 0.497 e. The maximum Gasteiger partial charge on any atom is 0.247 e. The number of H-pyrrole nitrogens is 1. The number of rotatable bonds is 4. The van der Waals surface area contributed by atoms with Gasteiger partial charge in [-0.1, -0.05) is 6.92 Å². The van der Waals surface area contributed by atoms with E-state index in [0.29, 0.717) is 6.54 Å². The Morgan fingerprint density at radius 3 is 3.04 bits per heavy atom. The lowest BCUT2D eigenvalue weighted by molar-refractivity contribution is -0.136. The van der Waals surface area contributed by atoms with Crippen molar-refractivity contribution >= 4 is 16.8 Å². The SMILES string of the molecule is CC[C@@H](C(=O)N1CCc2[nH]c3ccc(OC)cc3c2C1)n1cccn1. The van der Waals surface area contributed by atoms with Crippen molar-refractivity contribution in [3.63, 3.8) is 0 Å². The van der Waals surface area contributed by atoms with E-state index in [4.69, 9.17) is 4.74 Å². The first kappa shape index (κ1) is 15.7. The van der Waals surface area contributed by atoms with Crippen LogP contribution in [0.5, 0.6) is 5.75 Å². The highest BCUT2D eigenvalue weighted by molar-refractivity contribution is 5.87. The summed E-state index contributed by atoms with van der Waals surface area (Å²) in [5.74, 6) is 0.967. The maximum atomic E-state index is 13.0. The van der Waals surface area contributed by atoms with Gasteiger partial charge < -0.3 is 14.6 Å². The number of hydrogen-bond acceptors (Lipinski definition) is 3. The van der Waals surface area contributed by atoms with Crippen LogP contribution in [0.2, 0.25) is 0 Å². The average Bonchev–Trinajstić information content (AvgIpc) is 3.29. The van der Waals surface area contributed by atoms with E-state index in [1.54, 1.807) is 18.0 Å². The summed E-state index contributed by atoms with van der Waals surface area (Å²) in [6.45, 7) is 3.38. The Labute approximate surface area is 146 Å². The second-order valence-corrected chi connectivity index (χ2v) is 6.41. The van der Waals surface area contributed by atoms with Gasteiger partial charge in [-0.3, -0.25) is 9.48 Å². The summed E-state index contributed by atoms with van der Waals surface area (Å²) >= 11 is 0. The van der Waals surface area contributed by atoms with Gasteiger partial charge in [-0.2, -0.15) is 5.10 Å². The number of methoxy groups -OCH3 is 1. The van der Waals surface area contributed by atoms with Gasteiger partial charge in [-0.15, -0.1) is 0 Å². The Kier molecular flexibility index (Phi) is 3.95. The molecule has 0 aliphatic carbocycles. The van der Waals surface area contributed by atoms with Crippen molar-refractivity contribution in [1.82, 2.24) is 19.7 Å². The molecule has 0 bridgehead atoms. The molecule has 1 aliphatic heterocycles. The van der Waals surface area contributed by atoms with Gasteiger partial charge in [0.15, 0.2) is 0 Å². The van der Waals surface area contributed by atoms with Gasteiger partial charge in [0.1, 0.15) is 11.8 Å². The van der Waals surface area contributed by atoms with Gasteiger partial charge in [-0.25, -0.2) is 0 Å². The summed E-state index contributed by atoms with van der Waals surface area (Å²) in [6.07, 6.45) is 5.15. The number of carbonyl (C=O) groups is 1. The topological polar surface area (TPSA) is 63.1 Å². The number of benzene rings is 1. The predicted octanol–water partition coefficient (Wildman–Crippen LogP) is 2.91. The highest BCUT2D eigenvalue weighted by atomic mass is 16.5. The van der Waals surface area contributed by atoms with Crippen LogP contribution >= 0.6 is 0 Å². The Morgan fingerprint density at radius 1 is 1.44 bits per heavy atom. The predicted molar refractivity (Wildman–Crippen MR) is 95.5 cm³/mol. The Morgan fingerprint density at radius 2 is 2.32 bits per heavy atom. The number of fused-ring (bicyclic) bond motifs is 3. The van der Waals surface area contributed by atoms with Crippen molar-refractivity contribution in [1.29, 1.82) is 0 Å². The molecular weight excluding hydrogens is 316 g/mol. The van der Waals surface area contributed by atoms with Crippen LogP contribution in [-0.4, -0.2) is 39.2 Å². The third-order valence-corrected chi connectivity index (χ3v) is 5.01. The molecule has 1 aromatic carbocycles. The standard InChI is InChI=1S/C19H22N4O2/c1-3-18(23-9-4-8-20-23)19(24)22-10-7-17-15(12-22)14-11-13(25-2)5-6-16(14)21-17/h4-6,8-9,11,18,21H,3,7,10,12H2,1-2H3/t18-/m0/s1. The molecule has 6 nitrogen and oxygen atoms in total. The molecule has 0 spiro atoms. The van der Waals surface area contributed by atoms with Crippen LogP contribution in [0.4, 0.5) is 0 Å². The zero-order valence-electron chi connectivity index (χ0n) is 14.5. The van der Waals surface area contributed by atoms with Crippen LogP contribution in [0.1, 0.15) is 30.6 Å². The van der Waals surface area contributed by atoms with Crippen molar-refractivity contribution < 1.29 is 9.53 Å². The third kappa shape index (κ3) is 2.67. The first-order valence-corrected chi connectivity index (χ1v) is 8.66. The number of aromatic nitrogens is 3. The summed E-state index contributed by atoms with van der Waals surface area (Å²) in [6, 6.07) is 7.66. The average molecular weight is 338 g/mol. The molecule has 0 saturated carbocycles.